The number of carbonyl (C=O) groups excluding carboxylic acids is 1. The Morgan fingerprint density at radius 2 is 1.88 bits per heavy atom. The minimum atomic E-state index is -0.573. The SMILES string of the molecule is COC(=O)c1c(SCc2c(F)cccc2Cl)nc2ccccc2c1OCc1cc(C)ccc1C. The van der Waals surface area contributed by atoms with Gasteiger partial charge in [-0.15, -0.1) is 11.8 Å². The molecule has 0 aliphatic rings. The first-order valence-corrected chi connectivity index (χ1v) is 12.0. The van der Waals surface area contributed by atoms with E-state index in [4.69, 9.17) is 21.1 Å². The van der Waals surface area contributed by atoms with E-state index in [1.807, 2.05) is 50.2 Å². The summed E-state index contributed by atoms with van der Waals surface area (Å²) >= 11 is 7.42. The van der Waals surface area contributed by atoms with Crippen molar-refractivity contribution in [3.63, 3.8) is 0 Å². The second-order valence-electron chi connectivity index (χ2n) is 7.84. The van der Waals surface area contributed by atoms with Crippen LogP contribution < -0.4 is 4.74 Å². The lowest BCUT2D eigenvalue weighted by Gasteiger charge is -2.17. The van der Waals surface area contributed by atoms with Crippen molar-refractivity contribution < 1.29 is 18.7 Å². The third kappa shape index (κ3) is 5.03. The number of hydrogen-bond acceptors (Lipinski definition) is 5. The Morgan fingerprint density at radius 1 is 1.09 bits per heavy atom. The first-order valence-electron chi connectivity index (χ1n) is 10.6. The number of aryl methyl sites for hydroxylation is 2. The molecule has 0 aliphatic heterocycles. The van der Waals surface area contributed by atoms with Gasteiger partial charge in [-0.2, -0.15) is 0 Å². The number of methoxy groups -OCH3 is 1. The van der Waals surface area contributed by atoms with Crippen LogP contribution in [0, 0.1) is 19.7 Å². The van der Waals surface area contributed by atoms with Crippen LogP contribution in [-0.2, 0) is 17.1 Å². The van der Waals surface area contributed by atoms with Crippen LogP contribution in [0.15, 0.2) is 65.7 Å². The number of para-hydroxylation sites is 1. The van der Waals surface area contributed by atoms with Gasteiger partial charge in [0.1, 0.15) is 28.8 Å². The quantitative estimate of drug-likeness (QED) is 0.199. The number of carbonyl (C=O) groups is 1. The molecule has 3 aromatic carbocycles. The summed E-state index contributed by atoms with van der Waals surface area (Å²) in [6.45, 7) is 4.31. The summed E-state index contributed by atoms with van der Waals surface area (Å²) in [5.74, 6) is -0.402. The lowest BCUT2D eigenvalue weighted by atomic mass is 10.1. The van der Waals surface area contributed by atoms with Crippen LogP contribution in [0.1, 0.15) is 32.6 Å². The maximum Gasteiger partial charge on any atom is 0.344 e. The smallest absolute Gasteiger partial charge is 0.344 e. The number of benzene rings is 3. The molecule has 0 radical (unpaired) electrons. The van der Waals surface area contributed by atoms with Crippen LogP contribution in [0.3, 0.4) is 0 Å². The van der Waals surface area contributed by atoms with Crippen LogP contribution in [0.25, 0.3) is 10.9 Å². The van der Waals surface area contributed by atoms with Crippen molar-refractivity contribution in [2.75, 3.05) is 7.11 Å². The Hall–Kier alpha value is -3.09. The molecule has 0 amide bonds. The molecule has 0 atom stereocenters. The van der Waals surface area contributed by atoms with Crippen molar-refractivity contribution in [3.05, 3.63) is 99.3 Å². The van der Waals surface area contributed by atoms with Crippen LogP contribution in [-0.4, -0.2) is 18.1 Å². The molecule has 174 valence electrons. The number of ether oxygens (including phenoxy) is 2. The molecular weight excluding hydrogens is 473 g/mol. The number of halogens is 2. The highest BCUT2D eigenvalue weighted by molar-refractivity contribution is 7.98. The number of nitrogens with zero attached hydrogens (tertiary/aromatic N) is 1. The van der Waals surface area contributed by atoms with Gasteiger partial charge in [-0.3, -0.25) is 0 Å². The van der Waals surface area contributed by atoms with E-state index in [0.717, 1.165) is 16.7 Å². The van der Waals surface area contributed by atoms with Gasteiger partial charge in [0.15, 0.2) is 0 Å². The molecule has 0 unspecified atom stereocenters. The number of fused-ring (bicyclic) bond motifs is 1. The fraction of sp³-hybridized carbons (Fsp3) is 0.185. The first-order chi connectivity index (χ1) is 16.4. The van der Waals surface area contributed by atoms with Crippen LogP contribution in [0.4, 0.5) is 4.39 Å². The topological polar surface area (TPSA) is 48.4 Å². The lowest BCUT2D eigenvalue weighted by molar-refractivity contribution is 0.0590. The highest BCUT2D eigenvalue weighted by Crippen LogP contribution is 2.38. The highest BCUT2D eigenvalue weighted by Gasteiger charge is 2.24. The average Bonchev–Trinajstić information content (AvgIpc) is 2.83. The summed E-state index contributed by atoms with van der Waals surface area (Å²) in [6.07, 6.45) is 0. The molecule has 4 rings (SSSR count). The van der Waals surface area contributed by atoms with Crippen molar-refractivity contribution in [1.29, 1.82) is 0 Å². The molecule has 0 bridgehead atoms. The van der Waals surface area contributed by atoms with E-state index in [0.29, 0.717) is 32.3 Å². The van der Waals surface area contributed by atoms with Crippen molar-refractivity contribution in [2.45, 2.75) is 31.2 Å². The zero-order valence-corrected chi connectivity index (χ0v) is 20.6. The fourth-order valence-corrected chi connectivity index (χ4v) is 4.98. The standard InChI is InChI=1S/C27H23ClFNO3S/c1-16-11-12-17(2)18(13-16)14-33-25-19-7-4-5-10-23(19)30-26(24(25)27(31)32-3)34-15-20-21(28)8-6-9-22(20)29/h4-13H,14-15H2,1-3H3. The summed E-state index contributed by atoms with van der Waals surface area (Å²) in [4.78, 5) is 17.6. The number of esters is 1. The summed E-state index contributed by atoms with van der Waals surface area (Å²) < 4.78 is 25.7. The van der Waals surface area contributed by atoms with Gasteiger partial charge >= 0.3 is 5.97 Å². The van der Waals surface area contributed by atoms with Gasteiger partial charge in [-0.25, -0.2) is 14.2 Å². The van der Waals surface area contributed by atoms with Crippen molar-refractivity contribution in [2.24, 2.45) is 0 Å². The molecule has 0 saturated carbocycles. The Kier molecular flexibility index (Phi) is 7.39. The summed E-state index contributed by atoms with van der Waals surface area (Å²) in [7, 11) is 1.31. The highest BCUT2D eigenvalue weighted by atomic mass is 35.5. The van der Waals surface area contributed by atoms with Crippen molar-refractivity contribution in [1.82, 2.24) is 4.98 Å². The van der Waals surface area contributed by atoms with E-state index in [-0.39, 0.29) is 17.9 Å². The molecular formula is C27H23ClFNO3S. The van der Waals surface area contributed by atoms with E-state index >= 15 is 0 Å². The number of pyridine rings is 1. The van der Waals surface area contributed by atoms with E-state index < -0.39 is 11.8 Å². The van der Waals surface area contributed by atoms with Gasteiger partial charge in [0.05, 0.1) is 12.6 Å². The lowest BCUT2D eigenvalue weighted by Crippen LogP contribution is -2.10. The maximum absolute atomic E-state index is 14.4. The third-order valence-corrected chi connectivity index (χ3v) is 6.85. The molecule has 0 spiro atoms. The number of thioether (sulfide) groups is 1. The zero-order chi connectivity index (χ0) is 24.2. The van der Waals surface area contributed by atoms with Crippen LogP contribution in [0.5, 0.6) is 5.75 Å². The Balaban J connectivity index is 1.79. The summed E-state index contributed by atoms with van der Waals surface area (Å²) in [6, 6.07) is 18.1. The van der Waals surface area contributed by atoms with Crippen LogP contribution in [0.2, 0.25) is 5.02 Å². The van der Waals surface area contributed by atoms with E-state index in [1.54, 1.807) is 12.1 Å². The Morgan fingerprint density at radius 3 is 2.65 bits per heavy atom. The molecule has 7 heteroatoms. The minimum absolute atomic E-state index is 0.192. The molecule has 0 N–H and O–H groups in total. The summed E-state index contributed by atoms with van der Waals surface area (Å²) in [5.41, 5.74) is 4.45. The zero-order valence-electron chi connectivity index (χ0n) is 19.0. The maximum atomic E-state index is 14.4. The second-order valence-corrected chi connectivity index (χ2v) is 9.21. The molecule has 0 aliphatic carbocycles. The molecule has 34 heavy (non-hydrogen) atoms. The van der Waals surface area contributed by atoms with Gasteiger partial charge in [0.25, 0.3) is 0 Å². The minimum Gasteiger partial charge on any atom is -0.487 e. The fourth-order valence-electron chi connectivity index (χ4n) is 3.61. The summed E-state index contributed by atoms with van der Waals surface area (Å²) in [5, 5.41) is 1.40. The van der Waals surface area contributed by atoms with Gasteiger partial charge in [0.2, 0.25) is 0 Å². The van der Waals surface area contributed by atoms with Gasteiger partial charge in [-0.05, 0) is 49.2 Å². The largest absolute Gasteiger partial charge is 0.487 e. The van der Waals surface area contributed by atoms with Gasteiger partial charge < -0.3 is 9.47 Å². The monoisotopic (exact) mass is 495 g/mol. The number of rotatable bonds is 7. The van der Waals surface area contributed by atoms with Gasteiger partial charge in [0, 0.05) is 21.7 Å². The Bertz CT molecular complexity index is 1360. The van der Waals surface area contributed by atoms with E-state index in [1.165, 1.54) is 24.9 Å². The van der Waals surface area contributed by atoms with Crippen molar-refractivity contribution >= 4 is 40.2 Å². The van der Waals surface area contributed by atoms with E-state index in [9.17, 15) is 9.18 Å². The van der Waals surface area contributed by atoms with E-state index in [2.05, 4.69) is 11.1 Å². The predicted molar refractivity (Wildman–Crippen MR) is 134 cm³/mol. The molecule has 1 heterocycles. The Labute approximate surface area is 207 Å². The van der Waals surface area contributed by atoms with Crippen molar-refractivity contribution in [3.8, 4) is 5.75 Å². The number of hydrogen-bond donors (Lipinski definition) is 0. The molecule has 4 aromatic rings. The van der Waals surface area contributed by atoms with Crippen LogP contribution >= 0.6 is 23.4 Å². The average molecular weight is 496 g/mol. The van der Waals surface area contributed by atoms with Gasteiger partial charge in [-0.1, -0.05) is 53.6 Å². The second kappa shape index (κ2) is 10.5. The molecule has 1 aromatic heterocycles. The molecule has 0 fully saturated rings. The normalized spacial score (nSPS) is 11.0. The third-order valence-electron chi connectivity index (χ3n) is 5.49. The number of aromatic nitrogens is 1. The predicted octanol–water partition coefficient (Wildman–Crippen LogP) is 7.30. The first kappa shape index (κ1) is 24.0. The molecule has 4 nitrogen and oxygen atoms in total. The molecule has 0 saturated heterocycles.